The zero-order chi connectivity index (χ0) is 18.9. The summed E-state index contributed by atoms with van der Waals surface area (Å²) >= 11 is 5.94. The number of anilines is 1. The van der Waals surface area contributed by atoms with E-state index in [1.807, 2.05) is 35.2 Å². The molecule has 3 N–H and O–H groups in total. The van der Waals surface area contributed by atoms with Gasteiger partial charge in [-0.05, 0) is 42.0 Å². The van der Waals surface area contributed by atoms with Crippen LogP contribution in [-0.2, 0) is 11.3 Å². The molecule has 2 aromatic rings. The number of hydrogen-bond acceptors (Lipinski definition) is 3. The van der Waals surface area contributed by atoms with Crippen LogP contribution in [0.25, 0.3) is 0 Å². The molecule has 0 bridgehead atoms. The molecular weight excluding hydrogens is 376 g/mol. The van der Waals surface area contributed by atoms with Crippen LogP contribution in [0.5, 0.6) is 0 Å². The molecule has 4 nitrogen and oxygen atoms in total. The number of primary amides is 1. The summed E-state index contributed by atoms with van der Waals surface area (Å²) in [5.74, 6) is -2.86. The molecule has 0 radical (unpaired) electrons. The quantitative estimate of drug-likeness (QED) is 0.521. The number of halogens is 2. The van der Waals surface area contributed by atoms with E-state index in [9.17, 15) is 13.6 Å². The first kappa shape index (κ1) is 20.1. The molecule has 2 aromatic carbocycles. The number of rotatable bonds is 8. The molecule has 2 rings (SSSR count). The minimum Gasteiger partial charge on any atom is -0.370 e. The number of nitrogens with two attached hydrogens (primary N) is 1. The average molecular weight is 396 g/mol. The third kappa shape index (κ3) is 6.97. The zero-order valence-corrected chi connectivity index (χ0v) is 15.5. The standard InChI is InChI=1S/C18H19F2N3OS2/c19-17(20)26-15-8-6-14(7-9-15)22-18(25)23(11-10-16(21)24)12-13-4-2-1-3-5-13/h1-9,17H,10-12H2,(H2,21,24)(H,22,25). The molecule has 1 amide bonds. The van der Waals surface area contributed by atoms with Gasteiger partial charge in [-0.2, -0.15) is 8.78 Å². The summed E-state index contributed by atoms with van der Waals surface area (Å²) in [5.41, 5.74) is 6.98. The molecule has 0 atom stereocenters. The fraction of sp³-hybridized carbons (Fsp3) is 0.222. The van der Waals surface area contributed by atoms with Crippen molar-refractivity contribution in [2.24, 2.45) is 5.73 Å². The second-order valence-electron chi connectivity index (χ2n) is 5.46. The van der Waals surface area contributed by atoms with Crippen molar-refractivity contribution >= 4 is 40.7 Å². The molecule has 0 aromatic heterocycles. The lowest BCUT2D eigenvalue weighted by Crippen LogP contribution is -2.36. The highest BCUT2D eigenvalue weighted by Crippen LogP contribution is 2.26. The largest absolute Gasteiger partial charge is 0.370 e. The SMILES string of the molecule is NC(=O)CCN(Cc1ccccc1)C(=S)Nc1ccc(SC(F)F)cc1. The molecular formula is C18H19F2N3OS2. The number of nitrogens with one attached hydrogen (secondary N) is 1. The van der Waals surface area contributed by atoms with E-state index in [2.05, 4.69) is 5.32 Å². The second-order valence-corrected chi connectivity index (χ2v) is 6.91. The van der Waals surface area contributed by atoms with Gasteiger partial charge in [-0.25, -0.2) is 0 Å². The van der Waals surface area contributed by atoms with Crippen molar-refractivity contribution in [2.45, 2.75) is 23.6 Å². The van der Waals surface area contributed by atoms with Crippen LogP contribution in [0.2, 0.25) is 0 Å². The Labute approximate surface area is 160 Å². The summed E-state index contributed by atoms with van der Waals surface area (Å²) in [6.45, 7) is 0.911. The molecule has 0 saturated heterocycles. The fourth-order valence-corrected chi connectivity index (χ4v) is 3.00. The highest BCUT2D eigenvalue weighted by Gasteiger charge is 2.12. The Hall–Kier alpha value is -2.19. The topological polar surface area (TPSA) is 58.4 Å². The third-order valence-electron chi connectivity index (χ3n) is 3.46. The number of amides is 1. The molecule has 138 valence electrons. The number of nitrogens with zero attached hydrogens (tertiary/aromatic N) is 1. The number of carbonyl (C=O) groups excluding carboxylic acids is 1. The van der Waals surface area contributed by atoms with Gasteiger partial charge < -0.3 is 16.0 Å². The number of carbonyl (C=O) groups is 1. The van der Waals surface area contributed by atoms with Crippen LogP contribution in [0, 0.1) is 0 Å². The highest BCUT2D eigenvalue weighted by atomic mass is 32.2. The molecule has 0 saturated carbocycles. The van der Waals surface area contributed by atoms with E-state index in [1.54, 1.807) is 24.3 Å². The Bertz CT molecular complexity index is 727. The van der Waals surface area contributed by atoms with Gasteiger partial charge in [0, 0.05) is 30.1 Å². The molecule has 0 aliphatic carbocycles. The number of benzene rings is 2. The maximum Gasteiger partial charge on any atom is 0.288 e. The molecule has 0 heterocycles. The van der Waals surface area contributed by atoms with Gasteiger partial charge in [0.1, 0.15) is 0 Å². The second kappa shape index (κ2) is 10.1. The first-order valence-electron chi connectivity index (χ1n) is 7.87. The van der Waals surface area contributed by atoms with E-state index < -0.39 is 11.7 Å². The van der Waals surface area contributed by atoms with Gasteiger partial charge in [-0.1, -0.05) is 42.1 Å². The monoisotopic (exact) mass is 395 g/mol. The first-order valence-corrected chi connectivity index (χ1v) is 9.16. The van der Waals surface area contributed by atoms with Gasteiger partial charge >= 0.3 is 0 Å². The molecule has 8 heteroatoms. The van der Waals surface area contributed by atoms with Crippen LogP contribution >= 0.6 is 24.0 Å². The van der Waals surface area contributed by atoms with Gasteiger partial charge in [-0.15, -0.1) is 0 Å². The van der Waals surface area contributed by atoms with E-state index in [1.165, 1.54) is 0 Å². The molecule has 26 heavy (non-hydrogen) atoms. The van der Waals surface area contributed by atoms with Gasteiger partial charge in [0.15, 0.2) is 5.11 Å². The predicted octanol–water partition coefficient (Wildman–Crippen LogP) is 4.08. The smallest absolute Gasteiger partial charge is 0.288 e. The number of thiocarbonyl (C=S) groups is 1. The lowest BCUT2D eigenvalue weighted by molar-refractivity contribution is -0.118. The summed E-state index contributed by atoms with van der Waals surface area (Å²) in [6.07, 6.45) is 0.179. The summed E-state index contributed by atoms with van der Waals surface area (Å²) in [6, 6.07) is 16.3. The van der Waals surface area contributed by atoms with E-state index in [0.717, 1.165) is 5.56 Å². The summed E-state index contributed by atoms with van der Waals surface area (Å²) in [7, 11) is 0. The van der Waals surface area contributed by atoms with E-state index >= 15 is 0 Å². The van der Waals surface area contributed by atoms with Crippen molar-refractivity contribution in [3.63, 3.8) is 0 Å². The van der Waals surface area contributed by atoms with E-state index in [0.29, 0.717) is 40.5 Å². The fourth-order valence-electron chi connectivity index (χ4n) is 2.22. The lowest BCUT2D eigenvalue weighted by Gasteiger charge is -2.25. The molecule has 0 fully saturated rings. The maximum absolute atomic E-state index is 12.4. The van der Waals surface area contributed by atoms with Crippen LogP contribution in [0.15, 0.2) is 59.5 Å². The van der Waals surface area contributed by atoms with Crippen molar-refractivity contribution < 1.29 is 13.6 Å². The summed E-state index contributed by atoms with van der Waals surface area (Å²) < 4.78 is 24.8. The Kier molecular flexibility index (Phi) is 7.80. The molecule has 0 aliphatic rings. The van der Waals surface area contributed by atoms with Gasteiger partial charge in [0.05, 0.1) is 0 Å². The number of hydrogen-bond donors (Lipinski definition) is 2. The normalized spacial score (nSPS) is 10.6. The Morgan fingerprint density at radius 2 is 1.81 bits per heavy atom. The predicted molar refractivity (Wildman–Crippen MR) is 105 cm³/mol. The van der Waals surface area contributed by atoms with Crippen molar-refractivity contribution in [1.29, 1.82) is 0 Å². The number of alkyl halides is 2. The summed E-state index contributed by atoms with van der Waals surface area (Å²) in [4.78, 5) is 13.5. The van der Waals surface area contributed by atoms with Gasteiger partial charge in [-0.3, -0.25) is 4.79 Å². The van der Waals surface area contributed by atoms with Crippen molar-refractivity contribution in [1.82, 2.24) is 4.90 Å². The minimum atomic E-state index is -2.45. The van der Waals surface area contributed by atoms with Gasteiger partial charge in [0.2, 0.25) is 5.91 Å². The molecule has 0 aliphatic heterocycles. The van der Waals surface area contributed by atoms with Crippen LogP contribution in [0.4, 0.5) is 14.5 Å². The van der Waals surface area contributed by atoms with Crippen LogP contribution in [-0.4, -0.2) is 28.2 Å². The lowest BCUT2D eigenvalue weighted by atomic mass is 10.2. The Balaban J connectivity index is 2.03. The average Bonchev–Trinajstić information content (AvgIpc) is 2.60. The van der Waals surface area contributed by atoms with E-state index in [4.69, 9.17) is 18.0 Å². The minimum absolute atomic E-state index is 0.179. The molecule has 0 spiro atoms. The third-order valence-corrected chi connectivity index (χ3v) is 4.55. The van der Waals surface area contributed by atoms with Crippen molar-refractivity contribution in [2.75, 3.05) is 11.9 Å². The van der Waals surface area contributed by atoms with Crippen molar-refractivity contribution in [3.8, 4) is 0 Å². The maximum atomic E-state index is 12.4. The van der Waals surface area contributed by atoms with Crippen LogP contribution in [0.1, 0.15) is 12.0 Å². The van der Waals surface area contributed by atoms with Gasteiger partial charge in [0.25, 0.3) is 5.76 Å². The first-order chi connectivity index (χ1) is 12.4. The zero-order valence-electron chi connectivity index (χ0n) is 13.9. The highest BCUT2D eigenvalue weighted by molar-refractivity contribution is 7.99. The Morgan fingerprint density at radius 3 is 2.38 bits per heavy atom. The van der Waals surface area contributed by atoms with E-state index in [-0.39, 0.29) is 6.42 Å². The molecule has 0 unspecified atom stereocenters. The van der Waals surface area contributed by atoms with Crippen LogP contribution < -0.4 is 11.1 Å². The Morgan fingerprint density at radius 1 is 1.15 bits per heavy atom. The number of thioether (sulfide) groups is 1. The summed E-state index contributed by atoms with van der Waals surface area (Å²) in [5, 5.41) is 3.51. The van der Waals surface area contributed by atoms with Crippen LogP contribution in [0.3, 0.4) is 0 Å². The van der Waals surface area contributed by atoms with Crippen molar-refractivity contribution in [3.05, 3.63) is 60.2 Å².